The molecule has 17 heavy (non-hydrogen) atoms. The van der Waals surface area contributed by atoms with Crippen LogP contribution in [0.25, 0.3) is 0 Å². The summed E-state index contributed by atoms with van der Waals surface area (Å²) in [6.45, 7) is 7.97. The van der Waals surface area contributed by atoms with E-state index in [0.717, 1.165) is 19.4 Å². The molecule has 2 N–H and O–H groups in total. The third kappa shape index (κ3) is 5.87. The summed E-state index contributed by atoms with van der Waals surface area (Å²) in [6, 6.07) is 0.342. The number of hydrogen-bond acceptors (Lipinski definition) is 2. The summed E-state index contributed by atoms with van der Waals surface area (Å²) in [4.78, 5) is 0. The van der Waals surface area contributed by atoms with E-state index in [-0.39, 0.29) is 6.10 Å². The second-order valence-corrected chi connectivity index (χ2v) is 6.46. The van der Waals surface area contributed by atoms with Gasteiger partial charge in [0.05, 0.1) is 6.10 Å². The Morgan fingerprint density at radius 1 is 1.18 bits per heavy atom. The Labute approximate surface area is 107 Å². The maximum absolute atomic E-state index is 9.92. The lowest BCUT2D eigenvalue weighted by molar-refractivity contribution is 0.0845. The van der Waals surface area contributed by atoms with Crippen LogP contribution in [0.5, 0.6) is 0 Å². The smallest absolute Gasteiger partial charge is 0.0693 e. The Balaban J connectivity index is 2.22. The first kappa shape index (κ1) is 15.0. The monoisotopic (exact) mass is 241 g/mol. The molecule has 0 aliphatic heterocycles. The second-order valence-electron chi connectivity index (χ2n) is 6.46. The number of hydrogen-bond donors (Lipinski definition) is 2. The number of nitrogens with one attached hydrogen (secondary N) is 1. The van der Waals surface area contributed by atoms with Gasteiger partial charge in [0.1, 0.15) is 0 Å². The predicted octanol–water partition coefficient (Wildman–Crippen LogP) is 3.49. The molecule has 0 spiro atoms. The highest BCUT2D eigenvalue weighted by Gasteiger charge is 2.25. The highest BCUT2D eigenvalue weighted by atomic mass is 16.3. The minimum atomic E-state index is -0.116. The SMILES string of the molecule is CCCCCC(C)(C)CNC1CCCCC1O. The van der Waals surface area contributed by atoms with Crippen LogP contribution in [0, 0.1) is 5.41 Å². The van der Waals surface area contributed by atoms with Crippen molar-refractivity contribution in [2.24, 2.45) is 5.41 Å². The molecule has 1 saturated carbocycles. The van der Waals surface area contributed by atoms with E-state index in [1.807, 2.05) is 0 Å². The van der Waals surface area contributed by atoms with Crippen molar-refractivity contribution in [3.63, 3.8) is 0 Å². The molecule has 2 atom stereocenters. The average molecular weight is 241 g/mol. The molecule has 0 amide bonds. The summed E-state index contributed by atoms with van der Waals surface area (Å²) < 4.78 is 0. The maximum Gasteiger partial charge on any atom is 0.0693 e. The standard InChI is InChI=1S/C15H31NO/c1-4-5-8-11-15(2,3)12-16-13-9-6-7-10-14(13)17/h13-14,16-17H,4-12H2,1-3H3. The van der Waals surface area contributed by atoms with Crippen LogP contribution in [0.2, 0.25) is 0 Å². The fraction of sp³-hybridized carbons (Fsp3) is 1.00. The van der Waals surface area contributed by atoms with E-state index >= 15 is 0 Å². The van der Waals surface area contributed by atoms with Gasteiger partial charge in [-0.2, -0.15) is 0 Å². The van der Waals surface area contributed by atoms with Gasteiger partial charge in [0.2, 0.25) is 0 Å². The Morgan fingerprint density at radius 2 is 1.88 bits per heavy atom. The summed E-state index contributed by atoms with van der Waals surface area (Å²) in [6.07, 6.45) is 9.73. The van der Waals surface area contributed by atoms with Crippen molar-refractivity contribution in [2.75, 3.05) is 6.54 Å². The molecule has 2 nitrogen and oxygen atoms in total. The minimum Gasteiger partial charge on any atom is -0.392 e. The molecule has 0 aromatic carbocycles. The van der Waals surface area contributed by atoms with Crippen LogP contribution in [0.15, 0.2) is 0 Å². The van der Waals surface area contributed by atoms with Gasteiger partial charge < -0.3 is 10.4 Å². The molecule has 1 aliphatic carbocycles. The van der Waals surface area contributed by atoms with Crippen LogP contribution in [-0.4, -0.2) is 23.8 Å². The molecular formula is C15H31NO. The molecule has 1 aliphatic rings. The first-order valence-corrected chi connectivity index (χ1v) is 7.46. The summed E-state index contributed by atoms with van der Waals surface area (Å²) >= 11 is 0. The zero-order valence-electron chi connectivity index (χ0n) is 12.0. The van der Waals surface area contributed by atoms with Gasteiger partial charge in [0, 0.05) is 12.6 Å². The predicted molar refractivity (Wildman–Crippen MR) is 74.2 cm³/mol. The normalized spacial score (nSPS) is 26.1. The first-order chi connectivity index (χ1) is 8.05. The number of unbranched alkanes of at least 4 members (excludes halogenated alkanes) is 2. The van der Waals surface area contributed by atoms with Crippen LogP contribution in [0.1, 0.15) is 72.1 Å². The Hall–Kier alpha value is -0.0800. The van der Waals surface area contributed by atoms with E-state index in [4.69, 9.17) is 0 Å². The maximum atomic E-state index is 9.92. The lowest BCUT2D eigenvalue weighted by atomic mass is 9.85. The van der Waals surface area contributed by atoms with Gasteiger partial charge in [-0.05, 0) is 24.7 Å². The van der Waals surface area contributed by atoms with Crippen LogP contribution >= 0.6 is 0 Å². The van der Waals surface area contributed by atoms with E-state index in [0.29, 0.717) is 11.5 Å². The fourth-order valence-electron chi connectivity index (χ4n) is 2.70. The van der Waals surface area contributed by atoms with Crippen LogP contribution in [0.3, 0.4) is 0 Å². The molecule has 1 rings (SSSR count). The topological polar surface area (TPSA) is 32.3 Å². The molecular weight excluding hydrogens is 210 g/mol. The van der Waals surface area contributed by atoms with Gasteiger partial charge in [-0.15, -0.1) is 0 Å². The largest absolute Gasteiger partial charge is 0.392 e. The molecule has 102 valence electrons. The molecule has 0 aromatic rings. The quantitative estimate of drug-likeness (QED) is 0.669. The van der Waals surface area contributed by atoms with Crippen molar-refractivity contribution >= 4 is 0 Å². The van der Waals surface area contributed by atoms with Crippen molar-refractivity contribution < 1.29 is 5.11 Å². The van der Waals surface area contributed by atoms with E-state index in [9.17, 15) is 5.11 Å². The highest BCUT2D eigenvalue weighted by Crippen LogP contribution is 2.24. The molecule has 1 fully saturated rings. The van der Waals surface area contributed by atoms with Gasteiger partial charge in [-0.3, -0.25) is 0 Å². The molecule has 0 heterocycles. The van der Waals surface area contributed by atoms with Crippen LogP contribution < -0.4 is 5.32 Å². The van der Waals surface area contributed by atoms with Crippen molar-refractivity contribution in [3.05, 3.63) is 0 Å². The lowest BCUT2D eigenvalue weighted by Gasteiger charge is -2.33. The lowest BCUT2D eigenvalue weighted by Crippen LogP contribution is -2.45. The van der Waals surface area contributed by atoms with Crippen LogP contribution in [-0.2, 0) is 0 Å². The molecule has 0 aromatic heterocycles. The van der Waals surface area contributed by atoms with E-state index < -0.39 is 0 Å². The van der Waals surface area contributed by atoms with Gasteiger partial charge in [-0.25, -0.2) is 0 Å². The zero-order valence-corrected chi connectivity index (χ0v) is 12.0. The van der Waals surface area contributed by atoms with Gasteiger partial charge >= 0.3 is 0 Å². The summed E-state index contributed by atoms with van der Waals surface area (Å²) in [5.41, 5.74) is 0.367. The van der Waals surface area contributed by atoms with E-state index in [1.165, 1.54) is 38.5 Å². The first-order valence-electron chi connectivity index (χ1n) is 7.46. The van der Waals surface area contributed by atoms with Gasteiger partial charge in [0.15, 0.2) is 0 Å². The third-order valence-corrected chi connectivity index (χ3v) is 4.03. The van der Waals surface area contributed by atoms with E-state index in [2.05, 4.69) is 26.1 Å². The van der Waals surface area contributed by atoms with Crippen molar-refractivity contribution in [2.45, 2.75) is 84.3 Å². The molecule has 0 bridgehead atoms. The zero-order chi connectivity index (χ0) is 12.7. The number of aliphatic hydroxyl groups excluding tert-OH is 1. The average Bonchev–Trinajstić information content (AvgIpc) is 2.28. The van der Waals surface area contributed by atoms with Crippen molar-refractivity contribution in [1.82, 2.24) is 5.32 Å². The number of aliphatic hydroxyl groups is 1. The highest BCUT2D eigenvalue weighted by molar-refractivity contribution is 4.83. The van der Waals surface area contributed by atoms with Gasteiger partial charge in [0.25, 0.3) is 0 Å². The Kier molecular flexibility index (Phi) is 6.50. The van der Waals surface area contributed by atoms with Crippen molar-refractivity contribution in [3.8, 4) is 0 Å². The molecule has 2 heteroatoms. The molecule has 2 unspecified atom stereocenters. The Morgan fingerprint density at radius 3 is 2.53 bits per heavy atom. The minimum absolute atomic E-state index is 0.116. The molecule has 0 saturated heterocycles. The number of rotatable bonds is 7. The summed E-state index contributed by atoms with van der Waals surface area (Å²) in [5.74, 6) is 0. The van der Waals surface area contributed by atoms with Crippen molar-refractivity contribution in [1.29, 1.82) is 0 Å². The van der Waals surface area contributed by atoms with E-state index in [1.54, 1.807) is 0 Å². The fourth-order valence-corrected chi connectivity index (χ4v) is 2.70. The molecule has 0 radical (unpaired) electrons. The third-order valence-electron chi connectivity index (χ3n) is 4.03. The summed E-state index contributed by atoms with van der Waals surface area (Å²) in [7, 11) is 0. The summed E-state index contributed by atoms with van der Waals surface area (Å²) in [5, 5.41) is 13.5. The second kappa shape index (κ2) is 7.38. The van der Waals surface area contributed by atoms with Gasteiger partial charge in [-0.1, -0.05) is 52.9 Å². The van der Waals surface area contributed by atoms with Crippen LogP contribution in [0.4, 0.5) is 0 Å². The Bertz CT molecular complexity index is 203.